The maximum absolute atomic E-state index is 13.9. The molecule has 1 aliphatic carbocycles. The van der Waals surface area contributed by atoms with E-state index in [0.29, 0.717) is 29.1 Å². The fraction of sp³-hybridized carbons (Fsp3) is 0.368. The van der Waals surface area contributed by atoms with Crippen LogP contribution < -0.4 is 0 Å². The van der Waals surface area contributed by atoms with Gasteiger partial charge in [-0.15, -0.1) is 5.10 Å². The fourth-order valence-electron chi connectivity index (χ4n) is 3.34. The van der Waals surface area contributed by atoms with Crippen molar-refractivity contribution < 1.29 is 26.1 Å². The van der Waals surface area contributed by atoms with Crippen LogP contribution in [0.25, 0.3) is 22.2 Å². The summed E-state index contributed by atoms with van der Waals surface area (Å²) in [7, 11) is -4.10. The summed E-state index contributed by atoms with van der Waals surface area (Å²) >= 11 is 0. The van der Waals surface area contributed by atoms with Gasteiger partial charge in [-0.3, -0.25) is 4.55 Å². The number of benzene rings is 2. The molecule has 0 spiro atoms. The zero-order valence-corrected chi connectivity index (χ0v) is 16.0. The zero-order chi connectivity index (χ0) is 20.8. The van der Waals surface area contributed by atoms with Gasteiger partial charge in [-0.25, -0.2) is 4.68 Å². The third-order valence-corrected chi connectivity index (χ3v) is 5.73. The van der Waals surface area contributed by atoms with Gasteiger partial charge in [0.05, 0.1) is 16.8 Å². The Labute approximate surface area is 165 Å². The lowest BCUT2D eigenvalue weighted by Crippen LogP contribution is -2.09. The molecule has 0 radical (unpaired) electrons. The maximum atomic E-state index is 13.9. The highest BCUT2D eigenvalue weighted by Gasteiger charge is 2.38. The second kappa shape index (κ2) is 7.10. The highest BCUT2D eigenvalue weighted by atomic mass is 32.2. The highest BCUT2D eigenvalue weighted by Crippen LogP contribution is 2.41. The first-order valence-electron chi connectivity index (χ1n) is 9.10. The van der Waals surface area contributed by atoms with E-state index in [4.69, 9.17) is 4.55 Å². The van der Waals surface area contributed by atoms with Crippen molar-refractivity contribution in [2.75, 3.05) is 5.75 Å². The first kappa shape index (κ1) is 19.8. The predicted molar refractivity (Wildman–Crippen MR) is 101 cm³/mol. The molecule has 0 bridgehead atoms. The molecule has 2 aromatic carbocycles. The van der Waals surface area contributed by atoms with Gasteiger partial charge in [0.1, 0.15) is 5.52 Å². The molecule has 1 aromatic heterocycles. The van der Waals surface area contributed by atoms with Crippen molar-refractivity contribution in [3.63, 3.8) is 0 Å². The van der Waals surface area contributed by atoms with Crippen molar-refractivity contribution in [2.45, 2.75) is 32.0 Å². The van der Waals surface area contributed by atoms with Crippen LogP contribution in [0.15, 0.2) is 36.4 Å². The Hall–Kier alpha value is -2.46. The van der Waals surface area contributed by atoms with E-state index in [9.17, 15) is 21.6 Å². The lowest BCUT2D eigenvalue weighted by molar-refractivity contribution is -0.135. The number of fused-ring (bicyclic) bond motifs is 1. The monoisotopic (exact) mass is 425 g/mol. The van der Waals surface area contributed by atoms with E-state index in [1.807, 2.05) is 0 Å². The van der Waals surface area contributed by atoms with Gasteiger partial charge in [0.25, 0.3) is 10.1 Å². The number of hydrogen-bond donors (Lipinski definition) is 1. The van der Waals surface area contributed by atoms with Crippen LogP contribution in [-0.2, 0) is 29.3 Å². The summed E-state index contributed by atoms with van der Waals surface area (Å²) in [5, 5.41) is 7.76. The lowest BCUT2D eigenvalue weighted by Gasteiger charge is -2.14. The smallest absolute Gasteiger partial charge is 0.286 e. The molecular formula is C19H18F3N3O3S. The molecule has 1 N–H and O–H groups in total. The van der Waals surface area contributed by atoms with Crippen molar-refractivity contribution in [2.24, 2.45) is 5.92 Å². The molecule has 0 atom stereocenters. The molecule has 0 unspecified atom stereocenters. The van der Waals surface area contributed by atoms with Crippen LogP contribution in [-0.4, -0.2) is 33.7 Å². The van der Waals surface area contributed by atoms with Gasteiger partial charge in [0.2, 0.25) is 0 Å². The van der Waals surface area contributed by atoms with Crippen molar-refractivity contribution in [3.8, 4) is 11.1 Å². The largest absolute Gasteiger partial charge is 0.419 e. The minimum Gasteiger partial charge on any atom is -0.286 e. The highest BCUT2D eigenvalue weighted by molar-refractivity contribution is 7.85. The Morgan fingerprint density at radius 1 is 1.10 bits per heavy atom. The summed E-state index contributed by atoms with van der Waals surface area (Å²) < 4.78 is 73.8. The molecule has 0 amide bonds. The predicted octanol–water partition coefficient (Wildman–Crippen LogP) is 3.96. The standard InChI is InChI=1S/C19H18F3N3O3S/c20-19(21,22)17-15(14-5-3-12(4-6-14)9-10-29(26,27)28)7-8-16-18(17)23-24-25(16)11-13-1-2-13/h3-8,13H,1-2,9-11H2,(H,26,27,28). The summed E-state index contributed by atoms with van der Waals surface area (Å²) in [6.45, 7) is 0.565. The van der Waals surface area contributed by atoms with E-state index < -0.39 is 27.6 Å². The van der Waals surface area contributed by atoms with Gasteiger partial charge in [-0.1, -0.05) is 35.5 Å². The zero-order valence-electron chi connectivity index (χ0n) is 15.2. The van der Waals surface area contributed by atoms with Crippen LogP contribution in [0, 0.1) is 5.92 Å². The molecule has 6 nitrogen and oxygen atoms in total. The SMILES string of the molecule is O=S(=O)(O)CCc1ccc(-c2ccc3c(nnn3CC3CC3)c2C(F)(F)F)cc1. The van der Waals surface area contributed by atoms with Gasteiger partial charge < -0.3 is 0 Å². The molecule has 1 fully saturated rings. The average Bonchev–Trinajstić information content (AvgIpc) is 3.37. The van der Waals surface area contributed by atoms with Gasteiger partial charge in [0, 0.05) is 6.54 Å². The molecule has 0 saturated heterocycles. The van der Waals surface area contributed by atoms with Gasteiger partial charge in [0.15, 0.2) is 0 Å². The second-order valence-electron chi connectivity index (χ2n) is 7.30. The van der Waals surface area contributed by atoms with Crippen molar-refractivity contribution in [3.05, 3.63) is 47.5 Å². The molecular weight excluding hydrogens is 407 g/mol. The Morgan fingerprint density at radius 3 is 2.38 bits per heavy atom. The van der Waals surface area contributed by atoms with Crippen LogP contribution in [0.1, 0.15) is 24.0 Å². The number of rotatable bonds is 6. The fourth-order valence-corrected chi connectivity index (χ4v) is 3.84. The Kier molecular flexibility index (Phi) is 4.86. The summed E-state index contributed by atoms with van der Waals surface area (Å²) in [5.74, 6) is 0.000118. The van der Waals surface area contributed by atoms with Crippen LogP contribution in [0.3, 0.4) is 0 Å². The van der Waals surface area contributed by atoms with Gasteiger partial charge in [-0.2, -0.15) is 21.6 Å². The number of hydrogen-bond acceptors (Lipinski definition) is 4. The van der Waals surface area contributed by atoms with E-state index in [-0.39, 0.29) is 17.5 Å². The van der Waals surface area contributed by atoms with Crippen molar-refractivity contribution in [1.82, 2.24) is 15.0 Å². The molecule has 10 heteroatoms. The van der Waals surface area contributed by atoms with Gasteiger partial charge >= 0.3 is 6.18 Å². The van der Waals surface area contributed by atoms with E-state index in [1.54, 1.807) is 18.2 Å². The summed E-state index contributed by atoms with van der Waals surface area (Å²) in [5.41, 5.74) is 0.277. The summed E-state index contributed by atoms with van der Waals surface area (Å²) in [6.07, 6.45) is -2.44. The van der Waals surface area contributed by atoms with Crippen molar-refractivity contribution in [1.29, 1.82) is 0 Å². The summed E-state index contributed by atoms with van der Waals surface area (Å²) in [4.78, 5) is 0. The maximum Gasteiger partial charge on any atom is 0.419 e. The quantitative estimate of drug-likeness (QED) is 0.605. The van der Waals surface area contributed by atoms with Gasteiger partial charge in [-0.05, 0) is 47.9 Å². The summed E-state index contributed by atoms with van der Waals surface area (Å²) in [6, 6.07) is 9.14. The van der Waals surface area contributed by atoms with Crippen LogP contribution in [0.2, 0.25) is 0 Å². The molecule has 29 heavy (non-hydrogen) atoms. The first-order valence-corrected chi connectivity index (χ1v) is 10.7. The van der Waals surface area contributed by atoms with Crippen molar-refractivity contribution >= 4 is 21.2 Å². The third-order valence-electron chi connectivity index (χ3n) is 5.01. The minimum atomic E-state index is -4.61. The number of aryl methyl sites for hydroxylation is 1. The van der Waals surface area contributed by atoms with Crippen LogP contribution in [0.4, 0.5) is 13.2 Å². The average molecular weight is 425 g/mol. The normalized spacial score (nSPS) is 15.2. The van der Waals surface area contributed by atoms with Crippen LogP contribution >= 0.6 is 0 Å². The van der Waals surface area contributed by atoms with Crippen LogP contribution in [0.5, 0.6) is 0 Å². The van der Waals surface area contributed by atoms with E-state index in [0.717, 1.165) is 12.8 Å². The Bertz CT molecular complexity index is 1150. The van der Waals surface area contributed by atoms with E-state index >= 15 is 0 Å². The number of alkyl halides is 3. The number of halogens is 3. The second-order valence-corrected chi connectivity index (χ2v) is 8.87. The lowest BCUT2D eigenvalue weighted by atomic mass is 9.96. The topological polar surface area (TPSA) is 85.1 Å². The molecule has 4 rings (SSSR count). The Morgan fingerprint density at radius 2 is 1.79 bits per heavy atom. The Balaban J connectivity index is 1.73. The molecule has 3 aromatic rings. The molecule has 1 saturated carbocycles. The number of aromatic nitrogens is 3. The molecule has 1 heterocycles. The first-order chi connectivity index (χ1) is 13.6. The number of nitrogens with zero attached hydrogens (tertiary/aromatic N) is 3. The minimum absolute atomic E-state index is 0.00944. The molecule has 0 aliphatic heterocycles. The van der Waals surface area contributed by atoms with E-state index in [2.05, 4.69) is 10.3 Å². The molecule has 1 aliphatic rings. The molecule has 154 valence electrons. The van der Waals surface area contributed by atoms with E-state index in [1.165, 1.54) is 22.9 Å². The third kappa shape index (κ3) is 4.43.